The predicted molar refractivity (Wildman–Crippen MR) is 62.7 cm³/mol. The monoisotopic (exact) mass is 247 g/mol. The fourth-order valence-corrected chi connectivity index (χ4v) is 1.91. The van der Waals surface area contributed by atoms with Gasteiger partial charge in [-0.1, -0.05) is 32.0 Å². The summed E-state index contributed by atoms with van der Waals surface area (Å²) in [5.74, 6) is -1.36. The van der Waals surface area contributed by atoms with Crippen LogP contribution in [0.4, 0.5) is 4.79 Å². The van der Waals surface area contributed by atoms with Gasteiger partial charge in [0.2, 0.25) is 0 Å². The number of carbonyl (C=O) groups excluding carboxylic acids is 3. The second kappa shape index (κ2) is 4.60. The molecule has 1 heterocycles. The van der Waals surface area contributed by atoms with Gasteiger partial charge in [-0.05, 0) is 18.1 Å². The smallest absolute Gasteiger partial charge is 0.374 e. The van der Waals surface area contributed by atoms with Crippen molar-refractivity contribution in [2.45, 2.75) is 19.9 Å². The lowest BCUT2D eigenvalue weighted by molar-refractivity contribution is -0.136. The van der Waals surface area contributed by atoms with E-state index in [1.54, 1.807) is 44.2 Å². The van der Waals surface area contributed by atoms with Crippen molar-refractivity contribution in [1.29, 1.82) is 0 Å². The summed E-state index contributed by atoms with van der Waals surface area (Å²) in [4.78, 5) is 36.2. The molecular weight excluding hydrogens is 234 g/mol. The van der Waals surface area contributed by atoms with E-state index in [2.05, 4.69) is 4.74 Å². The minimum atomic E-state index is -0.896. The average molecular weight is 247 g/mol. The van der Waals surface area contributed by atoms with Gasteiger partial charge in [-0.2, -0.15) is 0 Å². The van der Waals surface area contributed by atoms with E-state index >= 15 is 0 Å². The molecule has 1 aliphatic rings. The molecule has 5 nitrogen and oxygen atoms in total. The van der Waals surface area contributed by atoms with Crippen LogP contribution in [-0.2, 0) is 9.53 Å². The van der Waals surface area contributed by atoms with E-state index in [1.807, 2.05) is 0 Å². The number of nitrogens with zero attached hydrogens (tertiary/aromatic N) is 1. The highest BCUT2D eigenvalue weighted by Gasteiger charge is 2.46. The maximum Gasteiger partial charge on any atom is 0.425 e. The molecule has 1 saturated heterocycles. The summed E-state index contributed by atoms with van der Waals surface area (Å²) in [6, 6.07) is 7.50. The Labute approximate surface area is 104 Å². The average Bonchev–Trinajstić information content (AvgIpc) is 2.64. The number of carbonyl (C=O) groups is 3. The van der Waals surface area contributed by atoms with Crippen molar-refractivity contribution < 1.29 is 19.1 Å². The molecule has 0 aliphatic carbocycles. The van der Waals surface area contributed by atoms with E-state index in [9.17, 15) is 14.4 Å². The Hall–Kier alpha value is -2.17. The van der Waals surface area contributed by atoms with Crippen molar-refractivity contribution in [1.82, 2.24) is 4.90 Å². The van der Waals surface area contributed by atoms with Crippen molar-refractivity contribution >= 4 is 18.0 Å². The highest BCUT2D eigenvalue weighted by molar-refractivity contribution is 6.11. The molecule has 1 aromatic rings. The van der Waals surface area contributed by atoms with Gasteiger partial charge in [0.1, 0.15) is 6.04 Å². The number of esters is 1. The molecule has 0 aromatic heterocycles. The molecule has 2 rings (SSSR count). The van der Waals surface area contributed by atoms with Gasteiger partial charge in [-0.25, -0.2) is 14.5 Å². The highest BCUT2D eigenvalue weighted by atomic mass is 16.6. The van der Waals surface area contributed by atoms with Gasteiger partial charge in [-0.15, -0.1) is 0 Å². The number of rotatable bonds is 2. The van der Waals surface area contributed by atoms with Crippen LogP contribution in [0.25, 0.3) is 0 Å². The third-order valence-electron chi connectivity index (χ3n) is 2.78. The first-order valence-corrected chi connectivity index (χ1v) is 5.66. The molecule has 0 spiro atoms. The zero-order valence-electron chi connectivity index (χ0n) is 10.1. The molecule has 0 saturated carbocycles. The van der Waals surface area contributed by atoms with Crippen LogP contribution < -0.4 is 0 Å². The number of imide groups is 1. The fraction of sp³-hybridized carbons (Fsp3) is 0.308. The van der Waals surface area contributed by atoms with Crippen molar-refractivity contribution in [3.05, 3.63) is 35.9 Å². The number of hydrogen-bond donors (Lipinski definition) is 0. The van der Waals surface area contributed by atoms with Crippen LogP contribution in [0, 0.1) is 5.92 Å². The van der Waals surface area contributed by atoms with E-state index in [0.29, 0.717) is 5.56 Å². The summed E-state index contributed by atoms with van der Waals surface area (Å²) in [5.41, 5.74) is 0.356. The van der Waals surface area contributed by atoms with Gasteiger partial charge in [0, 0.05) is 5.56 Å². The molecule has 1 fully saturated rings. The lowest BCUT2D eigenvalue weighted by Gasteiger charge is -2.20. The lowest BCUT2D eigenvalue weighted by atomic mass is 10.0. The Bertz CT molecular complexity index is 495. The van der Waals surface area contributed by atoms with Crippen LogP contribution in [0.1, 0.15) is 24.2 Å². The van der Waals surface area contributed by atoms with Crippen LogP contribution in [0.2, 0.25) is 0 Å². The van der Waals surface area contributed by atoms with Crippen LogP contribution >= 0.6 is 0 Å². The molecule has 1 unspecified atom stereocenters. The number of cyclic esters (lactones) is 2. The first-order valence-electron chi connectivity index (χ1n) is 5.66. The van der Waals surface area contributed by atoms with Crippen molar-refractivity contribution in [3.63, 3.8) is 0 Å². The van der Waals surface area contributed by atoms with Crippen molar-refractivity contribution in [2.75, 3.05) is 0 Å². The first-order chi connectivity index (χ1) is 8.52. The molecule has 1 atom stereocenters. The summed E-state index contributed by atoms with van der Waals surface area (Å²) < 4.78 is 4.52. The van der Waals surface area contributed by atoms with E-state index in [-0.39, 0.29) is 5.92 Å². The minimum absolute atomic E-state index is 0.184. The quantitative estimate of drug-likeness (QED) is 0.590. The molecule has 5 heteroatoms. The molecule has 0 radical (unpaired) electrons. The van der Waals surface area contributed by atoms with Crippen LogP contribution in [-0.4, -0.2) is 28.9 Å². The molecular formula is C13H13NO4. The summed E-state index contributed by atoms with van der Waals surface area (Å²) in [5, 5.41) is 0. The van der Waals surface area contributed by atoms with Gasteiger partial charge in [0.05, 0.1) is 0 Å². The number of benzene rings is 1. The minimum Gasteiger partial charge on any atom is -0.374 e. The first kappa shape index (κ1) is 12.3. The van der Waals surface area contributed by atoms with E-state index in [4.69, 9.17) is 0 Å². The van der Waals surface area contributed by atoms with E-state index in [1.165, 1.54) is 0 Å². The highest BCUT2D eigenvalue weighted by Crippen LogP contribution is 2.23. The van der Waals surface area contributed by atoms with Gasteiger partial charge < -0.3 is 4.74 Å². The second-order valence-electron chi connectivity index (χ2n) is 4.42. The molecule has 2 amide bonds. The third kappa shape index (κ3) is 1.99. The maximum atomic E-state index is 12.2. The molecule has 1 aromatic carbocycles. The normalized spacial score (nSPS) is 19.3. The number of ether oxygens (including phenoxy) is 1. The van der Waals surface area contributed by atoms with Crippen LogP contribution in [0.5, 0.6) is 0 Å². The zero-order chi connectivity index (χ0) is 13.3. The Kier molecular flexibility index (Phi) is 3.14. The number of hydrogen-bond acceptors (Lipinski definition) is 4. The largest absolute Gasteiger partial charge is 0.425 e. The molecule has 18 heavy (non-hydrogen) atoms. The zero-order valence-corrected chi connectivity index (χ0v) is 10.1. The Balaban J connectivity index is 2.34. The number of amides is 2. The van der Waals surface area contributed by atoms with Gasteiger partial charge in [-0.3, -0.25) is 4.79 Å². The van der Waals surface area contributed by atoms with Crippen LogP contribution in [0.3, 0.4) is 0 Å². The summed E-state index contributed by atoms with van der Waals surface area (Å²) in [6.45, 7) is 3.52. The molecule has 0 N–H and O–H groups in total. The SMILES string of the molecule is CC(C)C1C(=O)OC(=O)N1C(=O)c1ccccc1. The maximum absolute atomic E-state index is 12.2. The third-order valence-corrected chi connectivity index (χ3v) is 2.78. The van der Waals surface area contributed by atoms with Gasteiger partial charge >= 0.3 is 12.1 Å². The topological polar surface area (TPSA) is 63.7 Å². The Morgan fingerprint density at radius 2 is 1.83 bits per heavy atom. The van der Waals surface area contributed by atoms with Gasteiger partial charge in [0.15, 0.2) is 0 Å². The summed E-state index contributed by atoms with van der Waals surface area (Å²) >= 11 is 0. The van der Waals surface area contributed by atoms with Crippen LogP contribution in [0.15, 0.2) is 30.3 Å². The Morgan fingerprint density at radius 1 is 1.22 bits per heavy atom. The predicted octanol–water partition coefficient (Wildman–Crippen LogP) is 1.83. The molecule has 1 aliphatic heterocycles. The van der Waals surface area contributed by atoms with Crippen molar-refractivity contribution in [3.8, 4) is 0 Å². The standard InChI is InChI=1S/C13H13NO4/c1-8(2)10-12(16)18-13(17)14(10)11(15)9-6-4-3-5-7-9/h3-8,10H,1-2H3. The van der Waals surface area contributed by atoms with Gasteiger partial charge in [0.25, 0.3) is 5.91 Å². The summed E-state index contributed by atoms with van der Waals surface area (Å²) in [6.07, 6.45) is -0.896. The van der Waals surface area contributed by atoms with E-state index < -0.39 is 24.0 Å². The second-order valence-corrected chi connectivity index (χ2v) is 4.42. The van der Waals surface area contributed by atoms with E-state index in [0.717, 1.165) is 4.90 Å². The molecule has 94 valence electrons. The Morgan fingerprint density at radius 3 is 2.39 bits per heavy atom. The van der Waals surface area contributed by atoms with Crippen molar-refractivity contribution in [2.24, 2.45) is 5.92 Å². The molecule has 0 bridgehead atoms. The lowest BCUT2D eigenvalue weighted by Crippen LogP contribution is -2.43. The fourth-order valence-electron chi connectivity index (χ4n) is 1.91. The summed E-state index contributed by atoms with van der Waals surface area (Å²) in [7, 11) is 0.